The van der Waals surface area contributed by atoms with Crippen molar-refractivity contribution in [2.24, 2.45) is 0 Å². The van der Waals surface area contributed by atoms with Crippen molar-refractivity contribution in [3.05, 3.63) is 0 Å². The zero-order valence-electron chi connectivity index (χ0n) is 10.9. The lowest BCUT2D eigenvalue weighted by molar-refractivity contribution is -0.141. The number of hydrogen-bond donors (Lipinski definition) is 0. The molecule has 0 atom stereocenters. The third-order valence-corrected chi connectivity index (χ3v) is 2.98. The predicted molar refractivity (Wildman–Crippen MR) is 64.5 cm³/mol. The highest BCUT2D eigenvalue weighted by Gasteiger charge is 2.31. The Morgan fingerprint density at radius 2 is 2.00 bits per heavy atom. The first-order chi connectivity index (χ1) is 8.08. The van der Waals surface area contributed by atoms with Crippen molar-refractivity contribution >= 4 is 11.9 Å². The molecule has 0 spiro atoms. The van der Waals surface area contributed by atoms with E-state index in [1.807, 2.05) is 23.8 Å². The molecule has 0 saturated heterocycles. The second-order valence-corrected chi connectivity index (χ2v) is 4.47. The fraction of sp³-hybridized carbons (Fsp3) is 0.833. The van der Waals surface area contributed by atoms with Crippen molar-refractivity contribution < 1.29 is 14.3 Å². The Hall–Kier alpha value is -1.10. The van der Waals surface area contributed by atoms with Gasteiger partial charge in [0.1, 0.15) is 0 Å². The molecule has 0 radical (unpaired) electrons. The van der Waals surface area contributed by atoms with Gasteiger partial charge in [-0.15, -0.1) is 0 Å². The molecule has 0 aromatic heterocycles. The summed E-state index contributed by atoms with van der Waals surface area (Å²) in [7, 11) is 3.22. The van der Waals surface area contributed by atoms with Gasteiger partial charge in [-0.3, -0.25) is 14.5 Å². The second-order valence-electron chi connectivity index (χ2n) is 4.47. The van der Waals surface area contributed by atoms with Crippen molar-refractivity contribution in [3.63, 3.8) is 0 Å². The number of carbonyl (C=O) groups is 2. The summed E-state index contributed by atoms with van der Waals surface area (Å²) in [5.74, 6) is -0.0822. The Kier molecular flexibility index (Phi) is 5.41. The van der Waals surface area contributed by atoms with Crippen molar-refractivity contribution in [2.45, 2.75) is 32.2 Å². The summed E-state index contributed by atoms with van der Waals surface area (Å²) in [6.45, 7) is 3.71. The third kappa shape index (κ3) is 4.73. The Morgan fingerprint density at radius 1 is 1.35 bits per heavy atom. The summed E-state index contributed by atoms with van der Waals surface area (Å²) in [5.41, 5.74) is 0. The molecule has 0 bridgehead atoms. The molecular formula is C12H22N2O3. The first kappa shape index (κ1) is 14.0. The SMILES string of the molecule is CCN(C(=O)CN(C)CCC(=O)OC)C1CC1. The van der Waals surface area contributed by atoms with E-state index in [1.165, 1.54) is 7.11 Å². The molecule has 0 aromatic carbocycles. The minimum absolute atomic E-state index is 0.155. The van der Waals surface area contributed by atoms with Gasteiger partial charge in [0.15, 0.2) is 0 Å². The number of carbonyl (C=O) groups excluding carboxylic acids is 2. The quantitative estimate of drug-likeness (QED) is 0.610. The van der Waals surface area contributed by atoms with Crippen LogP contribution in [0.2, 0.25) is 0 Å². The van der Waals surface area contributed by atoms with Crippen molar-refractivity contribution in [2.75, 3.05) is 33.8 Å². The maximum Gasteiger partial charge on any atom is 0.306 e. The summed E-state index contributed by atoms with van der Waals surface area (Å²) in [5, 5.41) is 0. The molecule has 1 amide bonds. The minimum atomic E-state index is -0.237. The molecule has 1 aliphatic rings. The Labute approximate surface area is 103 Å². The van der Waals surface area contributed by atoms with E-state index in [-0.39, 0.29) is 11.9 Å². The molecule has 0 unspecified atom stereocenters. The van der Waals surface area contributed by atoms with Gasteiger partial charge in [-0.25, -0.2) is 0 Å². The first-order valence-electron chi connectivity index (χ1n) is 6.13. The fourth-order valence-corrected chi connectivity index (χ4v) is 1.81. The number of esters is 1. The van der Waals surface area contributed by atoms with Crippen LogP contribution in [-0.2, 0) is 14.3 Å². The van der Waals surface area contributed by atoms with Crippen molar-refractivity contribution in [3.8, 4) is 0 Å². The van der Waals surface area contributed by atoms with Gasteiger partial charge in [0.25, 0.3) is 0 Å². The van der Waals surface area contributed by atoms with Gasteiger partial charge in [-0.2, -0.15) is 0 Å². The molecule has 17 heavy (non-hydrogen) atoms. The molecular weight excluding hydrogens is 220 g/mol. The number of nitrogens with zero attached hydrogens (tertiary/aromatic N) is 2. The molecule has 0 N–H and O–H groups in total. The average molecular weight is 242 g/mol. The van der Waals surface area contributed by atoms with Crippen molar-refractivity contribution in [1.29, 1.82) is 0 Å². The number of hydrogen-bond acceptors (Lipinski definition) is 4. The summed E-state index contributed by atoms with van der Waals surface area (Å²) >= 11 is 0. The lowest BCUT2D eigenvalue weighted by Crippen LogP contribution is -2.40. The van der Waals surface area contributed by atoms with Gasteiger partial charge < -0.3 is 9.64 Å². The topological polar surface area (TPSA) is 49.9 Å². The smallest absolute Gasteiger partial charge is 0.306 e. The van der Waals surface area contributed by atoms with Crippen LogP contribution in [0.15, 0.2) is 0 Å². The van der Waals surface area contributed by atoms with Crippen LogP contribution >= 0.6 is 0 Å². The van der Waals surface area contributed by atoms with Crippen LogP contribution in [0.3, 0.4) is 0 Å². The standard InChI is InChI=1S/C12H22N2O3/c1-4-14(10-5-6-10)11(15)9-13(2)8-7-12(16)17-3/h10H,4-9H2,1-3H3. The zero-order chi connectivity index (χ0) is 12.8. The predicted octanol–water partition coefficient (Wildman–Crippen LogP) is 0.492. The number of ether oxygens (including phenoxy) is 1. The number of amides is 1. The van der Waals surface area contributed by atoms with Gasteiger partial charge in [0.05, 0.1) is 20.1 Å². The van der Waals surface area contributed by atoms with E-state index in [0.717, 1.165) is 19.4 Å². The second kappa shape index (κ2) is 6.59. The van der Waals surface area contributed by atoms with Crippen LogP contribution in [0, 0.1) is 0 Å². The van der Waals surface area contributed by atoms with Gasteiger partial charge >= 0.3 is 5.97 Å². The van der Waals surface area contributed by atoms with Gasteiger partial charge in [0, 0.05) is 19.1 Å². The van der Waals surface area contributed by atoms with Crippen LogP contribution in [-0.4, -0.2) is 61.5 Å². The van der Waals surface area contributed by atoms with Crippen LogP contribution < -0.4 is 0 Å². The molecule has 5 nitrogen and oxygen atoms in total. The van der Waals surface area contributed by atoms with E-state index in [4.69, 9.17) is 0 Å². The summed E-state index contributed by atoms with van der Waals surface area (Å²) in [4.78, 5) is 26.7. The fourth-order valence-electron chi connectivity index (χ4n) is 1.81. The van der Waals surface area contributed by atoms with Gasteiger partial charge in [-0.1, -0.05) is 0 Å². The number of likely N-dealkylation sites (N-methyl/N-ethyl adjacent to an activating group) is 2. The highest BCUT2D eigenvalue weighted by Crippen LogP contribution is 2.26. The molecule has 1 fully saturated rings. The van der Waals surface area contributed by atoms with E-state index < -0.39 is 0 Å². The molecule has 5 heteroatoms. The highest BCUT2D eigenvalue weighted by atomic mass is 16.5. The molecule has 1 aliphatic carbocycles. The lowest BCUT2D eigenvalue weighted by Gasteiger charge is -2.23. The van der Waals surface area contributed by atoms with E-state index in [2.05, 4.69) is 4.74 Å². The Balaban J connectivity index is 2.26. The van der Waals surface area contributed by atoms with E-state index in [9.17, 15) is 9.59 Å². The molecule has 98 valence electrons. The van der Waals surface area contributed by atoms with Crippen molar-refractivity contribution in [1.82, 2.24) is 9.80 Å². The Bertz CT molecular complexity index is 277. The Morgan fingerprint density at radius 3 is 2.47 bits per heavy atom. The highest BCUT2D eigenvalue weighted by molar-refractivity contribution is 5.79. The van der Waals surface area contributed by atoms with E-state index in [1.54, 1.807) is 0 Å². The van der Waals surface area contributed by atoms with Crippen LogP contribution in [0.5, 0.6) is 0 Å². The molecule has 1 saturated carbocycles. The van der Waals surface area contributed by atoms with E-state index in [0.29, 0.717) is 25.6 Å². The summed E-state index contributed by atoms with van der Waals surface area (Å²) in [6, 6.07) is 0.460. The maximum atomic E-state index is 11.9. The monoisotopic (exact) mass is 242 g/mol. The third-order valence-electron chi connectivity index (χ3n) is 2.98. The molecule has 0 aliphatic heterocycles. The lowest BCUT2D eigenvalue weighted by atomic mass is 10.3. The molecule has 1 rings (SSSR count). The number of rotatable bonds is 7. The summed E-state index contributed by atoms with van der Waals surface area (Å²) in [6.07, 6.45) is 2.59. The van der Waals surface area contributed by atoms with Gasteiger partial charge in [0.2, 0.25) is 5.91 Å². The normalized spacial score (nSPS) is 14.8. The average Bonchev–Trinajstić information content (AvgIpc) is 3.11. The first-order valence-corrected chi connectivity index (χ1v) is 6.13. The van der Waals surface area contributed by atoms with Crippen LogP contribution in [0.25, 0.3) is 0 Å². The van der Waals surface area contributed by atoms with E-state index >= 15 is 0 Å². The molecule has 0 heterocycles. The van der Waals surface area contributed by atoms with Crippen LogP contribution in [0.1, 0.15) is 26.2 Å². The maximum absolute atomic E-state index is 11.9. The van der Waals surface area contributed by atoms with Crippen LogP contribution in [0.4, 0.5) is 0 Å². The van der Waals surface area contributed by atoms with Gasteiger partial charge in [-0.05, 0) is 26.8 Å². The summed E-state index contributed by atoms with van der Waals surface area (Å²) < 4.78 is 4.56. The minimum Gasteiger partial charge on any atom is -0.469 e. The zero-order valence-corrected chi connectivity index (χ0v) is 10.9. The number of methoxy groups -OCH3 is 1. The largest absolute Gasteiger partial charge is 0.469 e. The molecule has 0 aromatic rings.